The number of carbonyl (C=O) groups excluding carboxylic acids is 2. The molecule has 0 bridgehead atoms. The van der Waals surface area contributed by atoms with Gasteiger partial charge in [0.15, 0.2) is 0 Å². The van der Waals surface area contributed by atoms with Gasteiger partial charge in [0.05, 0.1) is 5.92 Å². The molecule has 0 aromatic heterocycles. The van der Waals surface area contributed by atoms with Gasteiger partial charge in [0.2, 0.25) is 0 Å². The Balaban J connectivity index is 2.42. The Labute approximate surface area is 78.5 Å². The highest BCUT2D eigenvalue weighted by atomic mass is 16.6. The van der Waals surface area contributed by atoms with Crippen molar-refractivity contribution < 1.29 is 14.3 Å². The minimum Gasteiger partial charge on any atom is -0.393 e. The Morgan fingerprint density at radius 1 is 1.54 bits per heavy atom. The summed E-state index contributed by atoms with van der Waals surface area (Å²) < 4.78 is 4.57. The first kappa shape index (κ1) is 10.2. The standard InChI is InChI=1S/C10H16O3/c1-3-7(2)6-8-4-5-9(11)13-10(8)12/h7-8H,3-6H2,1-2H3. The van der Waals surface area contributed by atoms with E-state index in [0.717, 1.165) is 12.8 Å². The fraction of sp³-hybridized carbons (Fsp3) is 0.800. The molecule has 0 aromatic carbocycles. The summed E-state index contributed by atoms with van der Waals surface area (Å²) >= 11 is 0. The molecule has 0 amide bonds. The Kier molecular flexibility index (Phi) is 3.46. The van der Waals surface area contributed by atoms with Crippen LogP contribution in [0.3, 0.4) is 0 Å². The van der Waals surface area contributed by atoms with Crippen LogP contribution in [0.15, 0.2) is 0 Å². The van der Waals surface area contributed by atoms with Gasteiger partial charge in [-0.1, -0.05) is 20.3 Å². The molecular weight excluding hydrogens is 168 g/mol. The zero-order valence-corrected chi connectivity index (χ0v) is 8.21. The molecule has 0 saturated carbocycles. The van der Waals surface area contributed by atoms with E-state index in [4.69, 9.17) is 0 Å². The maximum Gasteiger partial charge on any atom is 0.316 e. The van der Waals surface area contributed by atoms with Gasteiger partial charge in [-0.15, -0.1) is 0 Å². The second-order valence-corrected chi connectivity index (χ2v) is 3.78. The monoisotopic (exact) mass is 184 g/mol. The molecule has 1 heterocycles. The zero-order valence-electron chi connectivity index (χ0n) is 8.21. The summed E-state index contributed by atoms with van der Waals surface area (Å²) in [5.74, 6) is -0.208. The summed E-state index contributed by atoms with van der Waals surface area (Å²) in [5.41, 5.74) is 0. The fourth-order valence-electron chi connectivity index (χ4n) is 1.52. The third kappa shape index (κ3) is 2.83. The van der Waals surface area contributed by atoms with Gasteiger partial charge >= 0.3 is 11.9 Å². The topological polar surface area (TPSA) is 43.4 Å². The molecule has 3 nitrogen and oxygen atoms in total. The molecule has 1 fully saturated rings. The molecule has 1 aliphatic rings. The minimum absolute atomic E-state index is 0.0485. The van der Waals surface area contributed by atoms with E-state index in [2.05, 4.69) is 18.6 Å². The normalized spacial score (nSPS) is 25.5. The predicted molar refractivity (Wildman–Crippen MR) is 47.9 cm³/mol. The van der Waals surface area contributed by atoms with Crippen LogP contribution < -0.4 is 0 Å². The molecule has 2 unspecified atom stereocenters. The van der Waals surface area contributed by atoms with Crippen molar-refractivity contribution in [3.8, 4) is 0 Å². The molecule has 3 heteroatoms. The third-order valence-corrected chi connectivity index (χ3v) is 2.63. The summed E-state index contributed by atoms with van der Waals surface area (Å²) in [6.07, 6.45) is 2.98. The lowest BCUT2D eigenvalue weighted by atomic mass is 9.89. The predicted octanol–water partition coefficient (Wildman–Crippen LogP) is 1.90. The lowest BCUT2D eigenvalue weighted by Gasteiger charge is -2.21. The van der Waals surface area contributed by atoms with Crippen LogP contribution in [-0.4, -0.2) is 11.9 Å². The lowest BCUT2D eigenvalue weighted by molar-refractivity contribution is -0.167. The van der Waals surface area contributed by atoms with Crippen LogP contribution in [0.1, 0.15) is 39.5 Å². The van der Waals surface area contributed by atoms with E-state index >= 15 is 0 Å². The molecule has 1 aliphatic heterocycles. The summed E-state index contributed by atoms with van der Waals surface area (Å²) in [6, 6.07) is 0. The van der Waals surface area contributed by atoms with Crippen LogP contribution in [0.2, 0.25) is 0 Å². The van der Waals surface area contributed by atoms with Crippen molar-refractivity contribution in [2.45, 2.75) is 39.5 Å². The van der Waals surface area contributed by atoms with E-state index in [1.165, 1.54) is 0 Å². The molecule has 1 rings (SSSR count). The van der Waals surface area contributed by atoms with Crippen LogP contribution in [0, 0.1) is 11.8 Å². The van der Waals surface area contributed by atoms with E-state index in [0.29, 0.717) is 18.8 Å². The first-order valence-corrected chi connectivity index (χ1v) is 4.88. The van der Waals surface area contributed by atoms with Gasteiger partial charge in [0, 0.05) is 6.42 Å². The smallest absolute Gasteiger partial charge is 0.316 e. The van der Waals surface area contributed by atoms with Gasteiger partial charge in [0.25, 0.3) is 0 Å². The maximum absolute atomic E-state index is 11.2. The second kappa shape index (κ2) is 4.40. The van der Waals surface area contributed by atoms with Gasteiger partial charge in [-0.2, -0.15) is 0 Å². The zero-order chi connectivity index (χ0) is 9.84. The Bertz CT molecular complexity index is 210. The average molecular weight is 184 g/mol. The van der Waals surface area contributed by atoms with Gasteiger partial charge in [-0.05, 0) is 18.8 Å². The van der Waals surface area contributed by atoms with Gasteiger partial charge in [-0.25, -0.2) is 0 Å². The van der Waals surface area contributed by atoms with Crippen LogP contribution in [0.4, 0.5) is 0 Å². The van der Waals surface area contributed by atoms with Crippen LogP contribution in [-0.2, 0) is 14.3 Å². The van der Waals surface area contributed by atoms with Crippen molar-refractivity contribution >= 4 is 11.9 Å². The second-order valence-electron chi connectivity index (χ2n) is 3.78. The van der Waals surface area contributed by atoms with E-state index in [9.17, 15) is 9.59 Å². The van der Waals surface area contributed by atoms with Crippen LogP contribution in [0.5, 0.6) is 0 Å². The molecule has 0 aliphatic carbocycles. The third-order valence-electron chi connectivity index (χ3n) is 2.63. The maximum atomic E-state index is 11.2. The number of hydrogen-bond donors (Lipinski definition) is 0. The van der Waals surface area contributed by atoms with Crippen molar-refractivity contribution in [3.05, 3.63) is 0 Å². The molecule has 0 radical (unpaired) electrons. The molecule has 74 valence electrons. The number of hydrogen-bond acceptors (Lipinski definition) is 3. The van der Waals surface area contributed by atoms with Gasteiger partial charge in [-0.3, -0.25) is 9.59 Å². The number of ether oxygens (including phenoxy) is 1. The van der Waals surface area contributed by atoms with Crippen molar-refractivity contribution in [1.82, 2.24) is 0 Å². The summed E-state index contributed by atoms with van der Waals surface area (Å²) in [4.78, 5) is 21.9. The van der Waals surface area contributed by atoms with Crippen molar-refractivity contribution in [2.75, 3.05) is 0 Å². The van der Waals surface area contributed by atoms with Crippen molar-refractivity contribution in [1.29, 1.82) is 0 Å². The number of carbonyl (C=O) groups is 2. The molecule has 0 aromatic rings. The van der Waals surface area contributed by atoms with Crippen molar-refractivity contribution in [2.24, 2.45) is 11.8 Å². The largest absolute Gasteiger partial charge is 0.393 e. The number of cyclic esters (lactones) is 2. The molecular formula is C10H16O3. The number of esters is 2. The fourth-order valence-corrected chi connectivity index (χ4v) is 1.52. The first-order valence-electron chi connectivity index (χ1n) is 4.88. The van der Waals surface area contributed by atoms with E-state index < -0.39 is 0 Å². The van der Waals surface area contributed by atoms with Crippen LogP contribution in [0.25, 0.3) is 0 Å². The average Bonchev–Trinajstić information content (AvgIpc) is 2.09. The summed E-state index contributed by atoms with van der Waals surface area (Å²) in [7, 11) is 0. The Morgan fingerprint density at radius 3 is 2.77 bits per heavy atom. The molecule has 1 saturated heterocycles. The van der Waals surface area contributed by atoms with Crippen LogP contribution >= 0.6 is 0 Å². The first-order chi connectivity index (χ1) is 6.13. The van der Waals surface area contributed by atoms with E-state index in [1.54, 1.807) is 0 Å². The molecule has 0 spiro atoms. The Morgan fingerprint density at radius 2 is 2.23 bits per heavy atom. The van der Waals surface area contributed by atoms with Gasteiger partial charge in [0.1, 0.15) is 0 Å². The highest BCUT2D eigenvalue weighted by Gasteiger charge is 2.29. The van der Waals surface area contributed by atoms with E-state index in [-0.39, 0.29) is 17.9 Å². The highest BCUT2D eigenvalue weighted by Crippen LogP contribution is 2.24. The van der Waals surface area contributed by atoms with E-state index in [1.807, 2.05) is 0 Å². The van der Waals surface area contributed by atoms with Gasteiger partial charge < -0.3 is 4.74 Å². The van der Waals surface area contributed by atoms with Crippen molar-refractivity contribution in [3.63, 3.8) is 0 Å². The molecule has 2 atom stereocenters. The number of rotatable bonds is 3. The molecule has 13 heavy (non-hydrogen) atoms. The Hall–Kier alpha value is -0.860. The lowest BCUT2D eigenvalue weighted by Crippen LogP contribution is -2.28. The highest BCUT2D eigenvalue weighted by molar-refractivity contribution is 5.89. The summed E-state index contributed by atoms with van der Waals surface area (Å²) in [6.45, 7) is 4.22. The summed E-state index contributed by atoms with van der Waals surface area (Å²) in [5, 5.41) is 0. The molecule has 0 N–H and O–H groups in total. The SMILES string of the molecule is CCC(C)CC1CCC(=O)OC1=O. The minimum atomic E-state index is -0.370. The quantitative estimate of drug-likeness (QED) is 0.497.